The van der Waals surface area contributed by atoms with Crippen LogP contribution in [0.3, 0.4) is 0 Å². The predicted octanol–water partition coefficient (Wildman–Crippen LogP) is 0.724. The van der Waals surface area contributed by atoms with Gasteiger partial charge in [0.1, 0.15) is 0 Å². The zero-order valence-corrected chi connectivity index (χ0v) is 8.86. The van der Waals surface area contributed by atoms with Crippen LogP contribution in [0, 0.1) is 5.92 Å². The fraction of sp³-hybridized carbons (Fsp3) is 1.00. The number of hydrogen-bond donors (Lipinski definition) is 1. The summed E-state index contributed by atoms with van der Waals surface area (Å²) < 4.78 is 5.20. The first-order valence-electron chi connectivity index (χ1n) is 5.06. The van der Waals surface area contributed by atoms with Gasteiger partial charge in [0.2, 0.25) is 0 Å². The van der Waals surface area contributed by atoms with E-state index in [1.165, 1.54) is 0 Å². The number of rotatable bonds is 4. The van der Waals surface area contributed by atoms with E-state index in [1.54, 1.807) is 7.11 Å². The van der Waals surface area contributed by atoms with Crippen LogP contribution in [0.4, 0.5) is 0 Å². The molecule has 0 aromatic carbocycles. The average molecular weight is 187 g/mol. The number of methoxy groups -OCH3 is 1. The molecule has 0 bridgehead atoms. The summed E-state index contributed by atoms with van der Waals surface area (Å²) in [4.78, 5) is 2.37. The SMILES string of the molecule is COC(C)CN1CCC(C(C)O)C1. The molecule has 3 unspecified atom stereocenters. The van der Waals surface area contributed by atoms with Crippen molar-refractivity contribution in [3.8, 4) is 0 Å². The molecule has 1 heterocycles. The summed E-state index contributed by atoms with van der Waals surface area (Å²) in [6, 6.07) is 0. The first-order valence-corrected chi connectivity index (χ1v) is 5.06. The van der Waals surface area contributed by atoms with Gasteiger partial charge in [-0.3, -0.25) is 0 Å². The second-order valence-corrected chi connectivity index (χ2v) is 4.10. The number of ether oxygens (including phenoxy) is 1. The summed E-state index contributed by atoms with van der Waals surface area (Å²) in [6.07, 6.45) is 1.25. The van der Waals surface area contributed by atoms with E-state index < -0.39 is 0 Å². The highest BCUT2D eigenvalue weighted by atomic mass is 16.5. The molecule has 0 aromatic rings. The van der Waals surface area contributed by atoms with E-state index in [0.717, 1.165) is 26.1 Å². The van der Waals surface area contributed by atoms with E-state index in [0.29, 0.717) is 12.0 Å². The van der Waals surface area contributed by atoms with Crippen molar-refractivity contribution >= 4 is 0 Å². The molecule has 3 atom stereocenters. The minimum Gasteiger partial charge on any atom is -0.393 e. The Kier molecular flexibility index (Phi) is 4.16. The fourth-order valence-corrected chi connectivity index (χ4v) is 1.86. The summed E-state index contributed by atoms with van der Waals surface area (Å²) in [5.41, 5.74) is 0. The van der Waals surface area contributed by atoms with Crippen molar-refractivity contribution in [1.82, 2.24) is 4.90 Å². The molecule has 0 aliphatic carbocycles. The van der Waals surface area contributed by atoms with E-state index in [-0.39, 0.29) is 6.10 Å². The Morgan fingerprint density at radius 2 is 2.23 bits per heavy atom. The molecule has 78 valence electrons. The van der Waals surface area contributed by atoms with E-state index >= 15 is 0 Å². The van der Waals surface area contributed by atoms with Gasteiger partial charge in [-0.05, 0) is 32.7 Å². The summed E-state index contributed by atoms with van der Waals surface area (Å²) in [6.45, 7) is 7.07. The van der Waals surface area contributed by atoms with Crippen LogP contribution in [-0.2, 0) is 4.74 Å². The van der Waals surface area contributed by atoms with Crippen LogP contribution < -0.4 is 0 Å². The molecule has 1 fully saturated rings. The molecule has 0 aromatic heterocycles. The molecule has 13 heavy (non-hydrogen) atoms. The molecule has 3 heteroatoms. The first kappa shape index (κ1) is 11.0. The highest BCUT2D eigenvalue weighted by Gasteiger charge is 2.26. The maximum Gasteiger partial charge on any atom is 0.0670 e. The molecule has 1 aliphatic heterocycles. The predicted molar refractivity (Wildman–Crippen MR) is 52.7 cm³/mol. The second-order valence-electron chi connectivity index (χ2n) is 4.10. The lowest BCUT2D eigenvalue weighted by Gasteiger charge is -2.20. The lowest BCUT2D eigenvalue weighted by molar-refractivity contribution is 0.0777. The zero-order valence-electron chi connectivity index (χ0n) is 8.86. The van der Waals surface area contributed by atoms with Crippen LogP contribution >= 0.6 is 0 Å². The van der Waals surface area contributed by atoms with E-state index in [4.69, 9.17) is 4.74 Å². The van der Waals surface area contributed by atoms with Gasteiger partial charge in [-0.25, -0.2) is 0 Å². The molecular weight excluding hydrogens is 166 g/mol. The molecule has 0 saturated carbocycles. The van der Waals surface area contributed by atoms with Crippen molar-refractivity contribution < 1.29 is 9.84 Å². The molecule has 1 saturated heterocycles. The Bertz CT molecular complexity index is 150. The highest BCUT2D eigenvalue weighted by Crippen LogP contribution is 2.19. The normalized spacial score (nSPS) is 29.1. The van der Waals surface area contributed by atoms with Crippen molar-refractivity contribution in [3.05, 3.63) is 0 Å². The standard InChI is InChI=1S/C10H21NO2/c1-8(13-3)6-11-5-4-10(7-11)9(2)12/h8-10,12H,4-7H2,1-3H3. The Morgan fingerprint density at radius 1 is 1.54 bits per heavy atom. The van der Waals surface area contributed by atoms with Gasteiger partial charge in [0.25, 0.3) is 0 Å². The largest absolute Gasteiger partial charge is 0.393 e. The summed E-state index contributed by atoms with van der Waals surface area (Å²) in [5.74, 6) is 0.462. The summed E-state index contributed by atoms with van der Waals surface area (Å²) >= 11 is 0. The monoisotopic (exact) mass is 187 g/mol. The summed E-state index contributed by atoms with van der Waals surface area (Å²) in [7, 11) is 1.74. The van der Waals surface area contributed by atoms with Crippen LogP contribution in [0.2, 0.25) is 0 Å². The third-order valence-electron chi connectivity index (χ3n) is 2.91. The molecule has 1 N–H and O–H groups in total. The third kappa shape index (κ3) is 3.25. The molecule has 0 radical (unpaired) electrons. The average Bonchev–Trinajstić information content (AvgIpc) is 2.52. The van der Waals surface area contributed by atoms with Gasteiger partial charge < -0.3 is 14.7 Å². The van der Waals surface area contributed by atoms with Crippen LogP contribution in [0.1, 0.15) is 20.3 Å². The van der Waals surface area contributed by atoms with Crippen LogP contribution in [0.25, 0.3) is 0 Å². The van der Waals surface area contributed by atoms with Gasteiger partial charge in [0.15, 0.2) is 0 Å². The van der Waals surface area contributed by atoms with Crippen molar-refractivity contribution in [2.75, 3.05) is 26.7 Å². The van der Waals surface area contributed by atoms with E-state index in [1.807, 2.05) is 6.92 Å². The Balaban J connectivity index is 2.25. The molecule has 3 nitrogen and oxygen atoms in total. The second kappa shape index (κ2) is 4.94. The number of likely N-dealkylation sites (tertiary alicyclic amines) is 1. The molecular formula is C10H21NO2. The van der Waals surface area contributed by atoms with Crippen LogP contribution in [0.5, 0.6) is 0 Å². The molecule has 1 aliphatic rings. The lowest BCUT2D eigenvalue weighted by Crippen LogP contribution is -2.31. The van der Waals surface area contributed by atoms with Crippen LogP contribution in [-0.4, -0.2) is 49.0 Å². The first-order chi connectivity index (χ1) is 6.13. The molecule has 0 spiro atoms. The van der Waals surface area contributed by atoms with Crippen molar-refractivity contribution in [3.63, 3.8) is 0 Å². The maximum atomic E-state index is 9.40. The van der Waals surface area contributed by atoms with Gasteiger partial charge in [-0.15, -0.1) is 0 Å². The van der Waals surface area contributed by atoms with Gasteiger partial charge in [-0.2, -0.15) is 0 Å². The Hall–Kier alpha value is -0.120. The smallest absolute Gasteiger partial charge is 0.0670 e. The van der Waals surface area contributed by atoms with Crippen LogP contribution in [0.15, 0.2) is 0 Å². The van der Waals surface area contributed by atoms with Gasteiger partial charge in [-0.1, -0.05) is 0 Å². The van der Waals surface area contributed by atoms with Crippen molar-refractivity contribution in [1.29, 1.82) is 0 Å². The topological polar surface area (TPSA) is 32.7 Å². The Labute approximate surface area is 80.7 Å². The highest BCUT2D eigenvalue weighted by molar-refractivity contribution is 4.79. The van der Waals surface area contributed by atoms with Gasteiger partial charge >= 0.3 is 0 Å². The number of hydrogen-bond acceptors (Lipinski definition) is 3. The van der Waals surface area contributed by atoms with E-state index in [9.17, 15) is 5.11 Å². The van der Waals surface area contributed by atoms with Gasteiger partial charge in [0, 0.05) is 20.2 Å². The molecule has 0 amide bonds. The minimum absolute atomic E-state index is 0.164. The summed E-state index contributed by atoms with van der Waals surface area (Å²) in [5, 5.41) is 9.40. The number of aliphatic hydroxyl groups excluding tert-OH is 1. The lowest BCUT2D eigenvalue weighted by atomic mass is 10.0. The maximum absolute atomic E-state index is 9.40. The third-order valence-corrected chi connectivity index (χ3v) is 2.91. The molecule has 1 rings (SSSR count). The zero-order chi connectivity index (χ0) is 9.84. The van der Waals surface area contributed by atoms with E-state index in [2.05, 4.69) is 11.8 Å². The Morgan fingerprint density at radius 3 is 2.69 bits per heavy atom. The quantitative estimate of drug-likeness (QED) is 0.704. The number of aliphatic hydroxyl groups is 1. The van der Waals surface area contributed by atoms with Crippen molar-refractivity contribution in [2.45, 2.75) is 32.5 Å². The minimum atomic E-state index is -0.164. The van der Waals surface area contributed by atoms with Crippen molar-refractivity contribution in [2.24, 2.45) is 5.92 Å². The number of nitrogens with zero attached hydrogens (tertiary/aromatic N) is 1. The van der Waals surface area contributed by atoms with Gasteiger partial charge in [0.05, 0.1) is 12.2 Å². The fourth-order valence-electron chi connectivity index (χ4n) is 1.86.